The Morgan fingerprint density at radius 2 is 2.27 bits per heavy atom. The number of aromatic nitrogens is 2. The number of carbonyl (C=O) groups is 1. The topological polar surface area (TPSA) is 84.8 Å². The second kappa shape index (κ2) is 5.69. The quantitative estimate of drug-likeness (QED) is 0.929. The maximum absolute atomic E-state index is 11.0. The summed E-state index contributed by atoms with van der Waals surface area (Å²) in [6.07, 6.45) is 1.36. The van der Waals surface area contributed by atoms with E-state index in [1.54, 1.807) is 0 Å². The molecule has 0 bridgehead atoms. The molecule has 0 fully saturated rings. The molecule has 3 rings (SSSR count). The van der Waals surface area contributed by atoms with E-state index < -0.39 is 5.97 Å². The monoisotopic (exact) mass is 321 g/mol. The number of carboxylic acid groups (broad SMARTS) is 1. The molecule has 22 heavy (non-hydrogen) atoms. The molecule has 0 atom stereocenters. The minimum atomic E-state index is -1.07. The summed E-state index contributed by atoms with van der Waals surface area (Å²) in [6, 6.07) is 4.20. The Balaban J connectivity index is 1.99. The van der Waals surface area contributed by atoms with Crippen molar-refractivity contribution in [2.45, 2.75) is 0 Å². The predicted octanol–water partition coefficient (Wildman–Crippen LogP) is 2.45. The number of carboxylic acids is 1. The summed E-state index contributed by atoms with van der Waals surface area (Å²) >= 11 is 6.05. The molecule has 8 heteroatoms. The number of ether oxygens (including phenoxy) is 2. The molecule has 1 aromatic carbocycles. The van der Waals surface area contributed by atoms with Gasteiger partial charge in [0.2, 0.25) is 5.75 Å². The van der Waals surface area contributed by atoms with Crippen molar-refractivity contribution < 1.29 is 19.4 Å². The molecular weight excluding hydrogens is 310 g/mol. The largest absolute Gasteiger partial charge is 0.483 e. The van der Waals surface area contributed by atoms with E-state index in [-0.39, 0.29) is 22.2 Å². The van der Waals surface area contributed by atoms with E-state index in [1.807, 2.05) is 11.9 Å². The first kappa shape index (κ1) is 14.4. The highest BCUT2D eigenvalue weighted by Crippen LogP contribution is 2.39. The zero-order valence-electron chi connectivity index (χ0n) is 11.6. The van der Waals surface area contributed by atoms with Gasteiger partial charge in [-0.3, -0.25) is 0 Å². The first-order valence-electron chi connectivity index (χ1n) is 6.46. The zero-order valence-corrected chi connectivity index (χ0v) is 12.4. The summed E-state index contributed by atoms with van der Waals surface area (Å²) in [5, 5.41) is 9.32. The fourth-order valence-corrected chi connectivity index (χ4v) is 2.19. The van der Waals surface area contributed by atoms with Gasteiger partial charge < -0.3 is 19.5 Å². The number of fused-ring (bicyclic) bond motifs is 1. The Bertz CT molecular complexity index is 738. The van der Waals surface area contributed by atoms with Crippen molar-refractivity contribution in [1.82, 2.24) is 9.97 Å². The van der Waals surface area contributed by atoms with Crippen molar-refractivity contribution in [3.05, 3.63) is 35.1 Å². The van der Waals surface area contributed by atoms with Crippen LogP contribution >= 0.6 is 11.6 Å². The maximum atomic E-state index is 11.0. The number of hydrogen-bond acceptors (Lipinski definition) is 6. The normalized spacial score (nSPS) is 13.3. The summed E-state index contributed by atoms with van der Waals surface area (Å²) in [5.41, 5.74) is 0.0698. The van der Waals surface area contributed by atoms with Crippen molar-refractivity contribution in [3.8, 4) is 17.4 Å². The summed E-state index contributed by atoms with van der Waals surface area (Å²) in [4.78, 5) is 21.2. The smallest absolute Gasteiger partial charge is 0.335 e. The van der Waals surface area contributed by atoms with Crippen LogP contribution in [-0.4, -0.2) is 41.2 Å². The van der Waals surface area contributed by atoms with Crippen molar-refractivity contribution >= 4 is 23.4 Å². The van der Waals surface area contributed by atoms with E-state index in [2.05, 4.69) is 9.97 Å². The molecule has 1 aromatic heterocycles. The molecule has 1 N–H and O–H groups in total. The molecule has 0 saturated heterocycles. The van der Waals surface area contributed by atoms with Crippen LogP contribution in [0.3, 0.4) is 0 Å². The molecule has 0 aliphatic carbocycles. The zero-order chi connectivity index (χ0) is 15.7. The molecule has 0 unspecified atom stereocenters. The van der Waals surface area contributed by atoms with Gasteiger partial charge in [-0.25, -0.2) is 9.78 Å². The minimum absolute atomic E-state index is 0.0698. The maximum Gasteiger partial charge on any atom is 0.335 e. The summed E-state index contributed by atoms with van der Waals surface area (Å²) in [7, 11) is 1.89. The van der Waals surface area contributed by atoms with Crippen molar-refractivity contribution in [3.63, 3.8) is 0 Å². The Kier molecular flexibility index (Phi) is 3.72. The SMILES string of the molecule is CN1CCOc2c(Oc3cc(C(=O)O)ccc3Cl)ncnc21. The van der Waals surface area contributed by atoms with E-state index in [1.165, 1.54) is 24.5 Å². The number of halogens is 1. The first-order chi connectivity index (χ1) is 10.6. The average molecular weight is 322 g/mol. The van der Waals surface area contributed by atoms with Crippen LogP contribution in [0.25, 0.3) is 0 Å². The molecule has 0 saturated carbocycles. The number of hydrogen-bond donors (Lipinski definition) is 1. The van der Waals surface area contributed by atoms with E-state index in [0.29, 0.717) is 24.7 Å². The highest BCUT2D eigenvalue weighted by molar-refractivity contribution is 6.32. The van der Waals surface area contributed by atoms with Gasteiger partial charge in [-0.2, -0.15) is 4.98 Å². The number of nitrogens with zero attached hydrogens (tertiary/aromatic N) is 3. The summed E-state index contributed by atoms with van der Waals surface area (Å²) in [6.45, 7) is 1.19. The molecule has 2 aromatic rings. The third-order valence-electron chi connectivity index (χ3n) is 3.17. The van der Waals surface area contributed by atoms with Gasteiger partial charge >= 0.3 is 5.97 Å². The van der Waals surface area contributed by atoms with Gasteiger partial charge in [0.15, 0.2) is 5.82 Å². The van der Waals surface area contributed by atoms with Crippen molar-refractivity contribution in [2.75, 3.05) is 25.1 Å². The fraction of sp³-hybridized carbons (Fsp3) is 0.214. The lowest BCUT2D eigenvalue weighted by molar-refractivity contribution is 0.0696. The summed E-state index contributed by atoms with van der Waals surface area (Å²) < 4.78 is 11.2. The van der Waals surface area contributed by atoms with Gasteiger partial charge in [0.05, 0.1) is 17.1 Å². The average Bonchev–Trinajstić information content (AvgIpc) is 2.50. The molecule has 114 valence electrons. The van der Waals surface area contributed by atoms with Gasteiger partial charge in [-0.15, -0.1) is 0 Å². The van der Waals surface area contributed by atoms with Crippen LogP contribution in [-0.2, 0) is 0 Å². The number of anilines is 1. The number of likely N-dealkylation sites (N-methyl/N-ethyl adjacent to an activating group) is 1. The van der Waals surface area contributed by atoms with E-state index >= 15 is 0 Å². The van der Waals surface area contributed by atoms with Crippen LogP contribution in [0.5, 0.6) is 17.4 Å². The van der Waals surface area contributed by atoms with Gasteiger partial charge in [-0.1, -0.05) is 11.6 Å². The minimum Gasteiger partial charge on any atom is -0.483 e. The molecule has 0 amide bonds. The van der Waals surface area contributed by atoms with Crippen LogP contribution < -0.4 is 14.4 Å². The highest BCUT2D eigenvalue weighted by Gasteiger charge is 2.23. The Morgan fingerprint density at radius 1 is 1.45 bits per heavy atom. The number of rotatable bonds is 3. The van der Waals surface area contributed by atoms with Crippen LogP contribution in [0, 0.1) is 0 Å². The first-order valence-corrected chi connectivity index (χ1v) is 6.83. The van der Waals surface area contributed by atoms with Crippen molar-refractivity contribution in [1.29, 1.82) is 0 Å². The fourth-order valence-electron chi connectivity index (χ4n) is 2.03. The highest BCUT2D eigenvalue weighted by atomic mass is 35.5. The summed E-state index contributed by atoms with van der Waals surface area (Å²) in [5.74, 6) is 0.345. The van der Waals surface area contributed by atoms with Crippen molar-refractivity contribution in [2.24, 2.45) is 0 Å². The van der Waals surface area contributed by atoms with Gasteiger partial charge in [0, 0.05) is 7.05 Å². The van der Waals surface area contributed by atoms with E-state index in [4.69, 9.17) is 26.2 Å². The molecular formula is C14H12ClN3O4. The molecule has 1 aliphatic heterocycles. The third-order valence-corrected chi connectivity index (χ3v) is 3.48. The lowest BCUT2D eigenvalue weighted by Crippen LogP contribution is -2.30. The predicted molar refractivity (Wildman–Crippen MR) is 79.3 cm³/mol. The van der Waals surface area contributed by atoms with Crippen LogP contribution in [0.1, 0.15) is 10.4 Å². The van der Waals surface area contributed by atoms with Crippen LogP contribution in [0.15, 0.2) is 24.5 Å². The molecule has 0 spiro atoms. The van der Waals surface area contributed by atoms with Crippen LogP contribution in [0.2, 0.25) is 5.02 Å². The van der Waals surface area contributed by atoms with Gasteiger partial charge in [0.25, 0.3) is 5.88 Å². The van der Waals surface area contributed by atoms with E-state index in [0.717, 1.165) is 0 Å². The molecule has 0 radical (unpaired) electrons. The Hall–Kier alpha value is -2.54. The lowest BCUT2D eigenvalue weighted by Gasteiger charge is -2.26. The second-order valence-electron chi connectivity index (χ2n) is 4.65. The molecule has 2 heterocycles. The Morgan fingerprint density at radius 3 is 3.05 bits per heavy atom. The third kappa shape index (κ3) is 2.62. The number of benzene rings is 1. The van der Waals surface area contributed by atoms with E-state index in [9.17, 15) is 4.79 Å². The van der Waals surface area contributed by atoms with Crippen LogP contribution in [0.4, 0.5) is 5.82 Å². The van der Waals surface area contributed by atoms with Gasteiger partial charge in [0.1, 0.15) is 18.7 Å². The van der Waals surface area contributed by atoms with Gasteiger partial charge in [-0.05, 0) is 18.2 Å². The second-order valence-corrected chi connectivity index (χ2v) is 5.06. The number of aromatic carboxylic acids is 1. The lowest BCUT2D eigenvalue weighted by atomic mass is 10.2. The molecule has 1 aliphatic rings. The molecule has 7 nitrogen and oxygen atoms in total. The standard InChI is InChI=1S/C14H12ClN3O4/c1-18-4-5-21-11-12(18)16-7-17-13(11)22-10-6-8(14(19)20)2-3-9(10)15/h2-3,6-7H,4-5H2,1H3,(H,19,20). The Labute approximate surface area is 131 Å².